The van der Waals surface area contributed by atoms with Gasteiger partial charge < -0.3 is 5.11 Å². The molecule has 0 fully saturated rings. The largest absolute Gasteiger partial charge is 0.502 e. The summed E-state index contributed by atoms with van der Waals surface area (Å²) in [6.07, 6.45) is 0. The van der Waals surface area contributed by atoms with Crippen LogP contribution in [0.15, 0.2) is 36.4 Å². The zero-order chi connectivity index (χ0) is 15.6. The van der Waals surface area contributed by atoms with Crippen molar-refractivity contribution in [1.82, 2.24) is 0 Å². The van der Waals surface area contributed by atoms with E-state index in [2.05, 4.69) is 0 Å². The molecule has 0 saturated heterocycles. The van der Waals surface area contributed by atoms with Crippen molar-refractivity contribution < 1.29 is 24.6 Å². The number of rotatable bonds is 1. The predicted molar refractivity (Wildman–Crippen MR) is 79.3 cm³/mol. The lowest BCUT2D eigenvalue weighted by atomic mass is 10.1. The monoisotopic (exact) mass is 288 g/mol. The van der Waals surface area contributed by atoms with Crippen LogP contribution in [0.3, 0.4) is 0 Å². The highest BCUT2D eigenvalue weighted by atomic mass is 16.6. The van der Waals surface area contributed by atoms with Crippen molar-refractivity contribution in [2.24, 2.45) is 0 Å². The second-order valence-corrected chi connectivity index (χ2v) is 4.38. The van der Waals surface area contributed by atoms with Crippen LogP contribution < -0.4 is 14.3 Å². The van der Waals surface area contributed by atoms with Gasteiger partial charge in [0.25, 0.3) is 0 Å². The van der Waals surface area contributed by atoms with Gasteiger partial charge in [0.1, 0.15) is 7.11 Å². The molecule has 21 heavy (non-hydrogen) atoms. The molecule has 0 amide bonds. The normalized spacial score (nSPS) is 10.3. The molecule has 0 aliphatic carbocycles. The molecule has 0 aliphatic rings. The lowest BCUT2D eigenvalue weighted by molar-refractivity contribution is -0.886. The molecule has 2 N–H and O–H groups in total. The molecule has 0 saturated carbocycles. The minimum absolute atomic E-state index is 0.0907. The third-order valence-corrected chi connectivity index (χ3v) is 3.27. The van der Waals surface area contributed by atoms with Crippen molar-refractivity contribution >= 4 is 22.1 Å². The molecule has 3 rings (SSSR count). The molecular formula is C16H20N2O3+2. The Labute approximate surface area is 123 Å². The zero-order valence-electron chi connectivity index (χ0n) is 12.7. The number of hydrogen-bond donors (Lipinski definition) is 2. The topological polar surface area (TPSA) is 57.5 Å². The summed E-state index contributed by atoms with van der Waals surface area (Å²) in [7, 11) is 1.52. The van der Waals surface area contributed by atoms with E-state index in [1.807, 2.05) is 32.0 Å². The first-order chi connectivity index (χ1) is 10.1. The number of phenols is 1. The van der Waals surface area contributed by atoms with Crippen LogP contribution in [0.1, 0.15) is 19.4 Å². The van der Waals surface area contributed by atoms with Crippen molar-refractivity contribution in [3.63, 3.8) is 0 Å². The molecule has 110 valence electrons. The van der Waals surface area contributed by atoms with E-state index in [1.54, 1.807) is 25.1 Å². The summed E-state index contributed by atoms with van der Waals surface area (Å²) >= 11 is 0. The van der Waals surface area contributed by atoms with Crippen molar-refractivity contribution in [3.05, 3.63) is 42.0 Å². The summed E-state index contributed by atoms with van der Waals surface area (Å²) in [6, 6.07) is 10.8. The predicted octanol–water partition coefficient (Wildman–Crippen LogP) is 1.90. The van der Waals surface area contributed by atoms with Crippen LogP contribution in [0.4, 0.5) is 0 Å². The standard InChI is InChI=1S/C14H13N2O3.C2H6/c1-9-7-8-12-13(14(9)17)16(19-2)11-6-4-3-5-10(11)15(12)18;1-2/h3-8,18H,1-2H3;1-2H3/q+1;/p+1. The summed E-state index contributed by atoms with van der Waals surface area (Å²) < 4.78 is 2.57. The van der Waals surface area contributed by atoms with Gasteiger partial charge in [-0.3, -0.25) is 10.0 Å². The molecule has 0 bridgehead atoms. The summed E-state index contributed by atoms with van der Waals surface area (Å²) in [4.78, 5) is 5.36. The number of para-hydroxylation sites is 2. The van der Waals surface area contributed by atoms with Crippen molar-refractivity contribution in [3.8, 4) is 5.75 Å². The maximum Gasteiger partial charge on any atom is 0.375 e. The molecule has 1 heterocycles. The highest BCUT2D eigenvalue weighted by Crippen LogP contribution is 2.24. The Morgan fingerprint density at radius 2 is 1.57 bits per heavy atom. The lowest BCUT2D eigenvalue weighted by Gasteiger charge is -2.02. The van der Waals surface area contributed by atoms with E-state index >= 15 is 0 Å². The zero-order valence-corrected chi connectivity index (χ0v) is 12.7. The number of aromatic nitrogens is 2. The summed E-state index contributed by atoms with van der Waals surface area (Å²) in [5, 5.41) is 20.5. The van der Waals surface area contributed by atoms with Gasteiger partial charge in [0.15, 0.2) is 0 Å². The van der Waals surface area contributed by atoms with E-state index in [-0.39, 0.29) is 5.75 Å². The van der Waals surface area contributed by atoms with Crippen LogP contribution >= 0.6 is 0 Å². The number of hydrogen-bond acceptors (Lipinski definition) is 3. The number of benzene rings is 2. The highest BCUT2D eigenvalue weighted by molar-refractivity contribution is 5.81. The van der Waals surface area contributed by atoms with Gasteiger partial charge in [0, 0.05) is 27.7 Å². The second-order valence-electron chi connectivity index (χ2n) is 4.38. The fourth-order valence-corrected chi connectivity index (χ4v) is 2.30. The van der Waals surface area contributed by atoms with Crippen LogP contribution in [-0.2, 0) is 0 Å². The van der Waals surface area contributed by atoms with E-state index in [9.17, 15) is 10.3 Å². The maximum absolute atomic E-state index is 10.3. The Kier molecular flexibility index (Phi) is 4.12. The Morgan fingerprint density at radius 1 is 0.952 bits per heavy atom. The fourth-order valence-electron chi connectivity index (χ4n) is 2.30. The van der Waals surface area contributed by atoms with Gasteiger partial charge in [-0.15, -0.1) is 0 Å². The van der Waals surface area contributed by atoms with Gasteiger partial charge >= 0.3 is 22.1 Å². The Bertz CT molecular complexity index is 800. The van der Waals surface area contributed by atoms with E-state index in [4.69, 9.17) is 4.84 Å². The summed E-state index contributed by atoms with van der Waals surface area (Å²) in [6.45, 7) is 5.80. The van der Waals surface area contributed by atoms with Gasteiger partial charge in [-0.2, -0.15) is 0 Å². The van der Waals surface area contributed by atoms with Crippen molar-refractivity contribution in [2.75, 3.05) is 7.11 Å². The van der Waals surface area contributed by atoms with Crippen LogP contribution in [0.5, 0.6) is 5.75 Å². The molecule has 1 aromatic heterocycles. The smallest absolute Gasteiger partial charge is 0.375 e. The maximum atomic E-state index is 10.3. The molecule has 3 aromatic rings. The number of phenolic OH excluding ortho intramolecular Hbond substituents is 1. The van der Waals surface area contributed by atoms with Gasteiger partial charge in [0.2, 0.25) is 5.75 Å². The van der Waals surface area contributed by atoms with Gasteiger partial charge in [-0.1, -0.05) is 26.0 Å². The lowest BCUT2D eigenvalue weighted by Crippen LogP contribution is -2.48. The molecule has 5 nitrogen and oxygen atoms in total. The Hall–Kier alpha value is -2.56. The Balaban J connectivity index is 0.000000774. The van der Waals surface area contributed by atoms with Crippen LogP contribution in [0, 0.1) is 6.92 Å². The molecule has 0 atom stereocenters. The third kappa shape index (κ3) is 2.20. The van der Waals surface area contributed by atoms with Crippen LogP contribution in [-0.4, -0.2) is 17.4 Å². The number of nitrogens with zero attached hydrogens (tertiary/aromatic N) is 2. The third-order valence-electron chi connectivity index (χ3n) is 3.27. The quantitative estimate of drug-likeness (QED) is 0.408. The average Bonchev–Trinajstić information content (AvgIpc) is 2.54. The molecule has 0 aliphatic heterocycles. The molecule has 2 aromatic carbocycles. The first-order valence-electron chi connectivity index (χ1n) is 6.90. The fraction of sp³-hybridized carbons (Fsp3) is 0.250. The van der Waals surface area contributed by atoms with Crippen molar-refractivity contribution in [1.29, 1.82) is 0 Å². The van der Waals surface area contributed by atoms with E-state index in [0.29, 0.717) is 27.6 Å². The van der Waals surface area contributed by atoms with Crippen molar-refractivity contribution in [2.45, 2.75) is 20.8 Å². The first-order valence-corrected chi connectivity index (χ1v) is 6.90. The second kappa shape index (κ2) is 5.83. The van der Waals surface area contributed by atoms with Gasteiger partial charge in [-0.05, 0) is 18.6 Å². The number of aryl methyl sites for hydroxylation is 1. The van der Waals surface area contributed by atoms with Gasteiger partial charge in [0.05, 0.1) is 0 Å². The van der Waals surface area contributed by atoms with Gasteiger partial charge in [-0.25, -0.2) is 0 Å². The van der Waals surface area contributed by atoms with Crippen LogP contribution in [0.25, 0.3) is 22.1 Å². The molecule has 0 spiro atoms. The van der Waals surface area contributed by atoms with E-state index in [1.165, 1.54) is 11.8 Å². The molecule has 0 unspecified atom stereocenters. The SMILES string of the molecule is CC.CO[n+]1c2ccccc2[n+](O)c2ccc(C)c(O)c21. The highest BCUT2D eigenvalue weighted by Gasteiger charge is 2.32. The number of aromatic hydroxyl groups is 1. The number of fused-ring (bicyclic) bond motifs is 2. The van der Waals surface area contributed by atoms with Crippen LogP contribution in [0.2, 0.25) is 0 Å². The molecule has 0 radical (unpaired) electrons. The summed E-state index contributed by atoms with van der Waals surface area (Å²) in [5.41, 5.74) is 2.89. The minimum Gasteiger partial charge on any atom is -0.502 e. The molecule has 5 heteroatoms. The van der Waals surface area contributed by atoms with E-state index < -0.39 is 0 Å². The molecular weight excluding hydrogens is 268 g/mol. The Morgan fingerprint density at radius 3 is 2.19 bits per heavy atom. The van der Waals surface area contributed by atoms with E-state index in [0.717, 1.165) is 4.73 Å². The summed E-state index contributed by atoms with van der Waals surface area (Å²) in [5.74, 6) is 0.0907. The first kappa shape index (κ1) is 14.8. The average molecular weight is 288 g/mol. The minimum atomic E-state index is 0.0907.